The fourth-order valence-electron chi connectivity index (χ4n) is 2.10. The van der Waals surface area contributed by atoms with Crippen LogP contribution in [0.4, 0.5) is 11.4 Å². The Hall–Kier alpha value is -2.08. The molecule has 2 rings (SSSR count). The first-order chi connectivity index (χ1) is 10.0. The first-order valence-electron chi connectivity index (χ1n) is 7.14. The highest BCUT2D eigenvalue weighted by Gasteiger charge is 2.15. The smallest absolute Gasteiger partial charge is 0.258 e. The van der Waals surface area contributed by atoms with Gasteiger partial charge in [-0.2, -0.15) is 0 Å². The van der Waals surface area contributed by atoms with Crippen LogP contribution in [0.2, 0.25) is 0 Å². The Morgan fingerprint density at radius 1 is 1.43 bits per heavy atom. The number of nitrogens with two attached hydrogens (primary N) is 1. The molecule has 1 aromatic carbocycles. The Bertz CT molecular complexity index is 666. The molecule has 1 aromatic heterocycles. The maximum atomic E-state index is 11.7. The van der Waals surface area contributed by atoms with Crippen molar-refractivity contribution in [1.29, 1.82) is 0 Å². The van der Waals surface area contributed by atoms with Gasteiger partial charge in [0.2, 0.25) is 0 Å². The highest BCUT2D eigenvalue weighted by Crippen LogP contribution is 2.24. The van der Waals surface area contributed by atoms with Crippen LogP contribution in [0.3, 0.4) is 0 Å². The van der Waals surface area contributed by atoms with Gasteiger partial charge >= 0.3 is 0 Å². The molecule has 0 fully saturated rings. The van der Waals surface area contributed by atoms with Gasteiger partial charge in [0, 0.05) is 6.61 Å². The molecule has 0 spiro atoms. The van der Waals surface area contributed by atoms with Gasteiger partial charge in [0.25, 0.3) is 5.56 Å². The molecule has 0 aliphatic rings. The minimum absolute atomic E-state index is 0.145. The van der Waals surface area contributed by atoms with Crippen molar-refractivity contribution in [2.75, 3.05) is 24.3 Å². The largest absolute Gasteiger partial charge is 0.397 e. The van der Waals surface area contributed by atoms with Gasteiger partial charge < -0.3 is 20.8 Å². The number of ether oxygens (including phenoxy) is 1. The van der Waals surface area contributed by atoms with Crippen molar-refractivity contribution >= 4 is 22.3 Å². The molecule has 0 aliphatic carbocycles. The van der Waals surface area contributed by atoms with Crippen LogP contribution in [0.15, 0.2) is 23.3 Å². The third-order valence-electron chi connectivity index (χ3n) is 3.46. The third-order valence-corrected chi connectivity index (χ3v) is 3.46. The summed E-state index contributed by atoms with van der Waals surface area (Å²) in [5, 5.41) is 3.88. The fourth-order valence-corrected chi connectivity index (χ4v) is 2.10. The van der Waals surface area contributed by atoms with Crippen LogP contribution in [-0.4, -0.2) is 29.2 Å². The molecule has 0 saturated carbocycles. The van der Waals surface area contributed by atoms with Crippen molar-refractivity contribution in [3.63, 3.8) is 0 Å². The zero-order chi connectivity index (χ0) is 15.4. The molecule has 0 aliphatic heterocycles. The van der Waals surface area contributed by atoms with Crippen LogP contribution in [0.1, 0.15) is 20.8 Å². The Labute approximate surface area is 123 Å². The van der Waals surface area contributed by atoms with E-state index in [9.17, 15) is 4.79 Å². The number of rotatable bonds is 6. The second kappa shape index (κ2) is 6.58. The number of nitrogens with one attached hydrogen (secondary N) is 2. The summed E-state index contributed by atoms with van der Waals surface area (Å²) in [6.45, 7) is 7.50. The topological polar surface area (TPSA) is 93.0 Å². The van der Waals surface area contributed by atoms with Gasteiger partial charge in [-0.1, -0.05) is 13.8 Å². The van der Waals surface area contributed by atoms with Crippen molar-refractivity contribution in [1.82, 2.24) is 9.97 Å². The van der Waals surface area contributed by atoms with Gasteiger partial charge in [0.05, 0.1) is 41.3 Å². The van der Waals surface area contributed by atoms with E-state index in [0.717, 1.165) is 5.69 Å². The van der Waals surface area contributed by atoms with Crippen molar-refractivity contribution in [2.45, 2.75) is 26.8 Å². The van der Waals surface area contributed by atoms with E-state index < -0.39 is 0 Å². The number of hydrogen-bond acceptors (Lipinski definition) is 5. The Balaban J connectivity index is 2.32. The summed E-state index contributed by atoms with van der Waals surface area (Å²) in [5.74, 6) is 0.388. The molecular weight excluding hydrogens is 268 g/mol. The Kier molecular flexibility index (Phi) is 4.80. The van der Waals surface area contributed by atoms with Gasteiger partial charge in [-0.25, -0.2) is 4.98 Å². The molecule has 0 bridgehead atoms. The van der Waals surface area contributed by atoms with Crippen LogP contribution in [0.5, 0.6) is 0 Å². The highest BCUT2D eigenvalue weighted by molar-refractivity contribution is 5.88. The number of aromatic amines is 1. The summed E-state index contributed by atoms with van der Waals surface area (Å²) >= 11 is 0. The molecule has 4 N–H and O–H groups in total. The molecule has 21 heavy (non-hydrogen) atoms. The van der Waals surface area contributed by atoms with Crippen LogP contribution in [0.25, 0.3) is 10.9 Å². The minimum atomic E-state index is -0.187. The third kappa shape index (κ3) is 3.52. The van der Waals surface area contributed by atoms with Gasteiger partial charge in [0.1, 0.15) is 0 Å². The number of anilines is 2. The summed E-state index contributed by atoms with van der Waals surface area (Å²) in [7, 11) is 0. The zero-order valence-electron chi connectivity index (χ0n) is 12.6. The first kappa shape index (κ1) is 15.3. The van der Waals surface area contributed by atoms with Gasteiger partial charge in [-0.3, -0.25) is 4.79 Å². The molecule has 0 saturated heterocycles. The molecule has 2 aromatic rings. The lowest BCUT2D eigenvalue weighted by atomic mass is 10.0. The standard InChI is InChI=1S/C15H22N4O2/c1-4-21-7-14(9(2)3)19-13-6-12-10(5-11(13)16)15(20)18-8-17-12/h5-6,8-9,14,19H,4,7,16H2,1-3H3,(H,17,18,20). The predicted octanol–water partition coefficient (Wildman–Crippen LogP) is 1.98. The molecule has 1 unspecified atom stereocenters. The summed E-state index contributed by atoms with van der Waals surface area (Å²) < 4.78 is 5.50. The fraction of sp³-hybridized carbons (Fsp3) is 0.467. The van der Waals surface area contributed by atoms with Crippen molar-refractivity contribution in [3.8, 4) is 0 Å². The Morgan fingerprint density at radius 2 is 2.19 bits per heavy atom. The lowest BCUT2D eigenvalue weighted by Gasteiger charge is -2.24. The normalized spacial score (nSPS) is 12.8. The average molecular weight is 290 g/mol. The minimum Gasteiger partial charge on any atom is -0.397 e. The lowest BCUT2D eigenvalue weighted by molar-refractivity contribution is 0.127. The zero-order valence-corrected chi connectivity index (χ0v) is 12.6. The second-order valence-corrected chi connectivity index (χ2v) is 5.34. The number of nitrogens with zero attached hydrogens (tertiary/aromatic N) is 1. The SMILES string of the molecule is CCOCC(Nc1cc2nc[nH]c(=O)c2cc1N)C(C)C. The second-order valence-electron chi connectivity index (χ2n) is 5.34. The number of fused-ring (bicyclic) bond motifs is 1. The number of benzene rings is 1. The molecule has 114 valence electrons. The van der Waals surface area contributed by atoms with Gasteiger partial charge in [-0.15, -0.1) is 0 Å². The highest BCUT2D eigenvalue weighted by atomic mass is 16.5. The van der Waals surface area contributed by atoms with E-state index >= 15 is 0 Å². The van der Waals surface area contributed by atoms with E-state index in [-0.39, 0.29) is 11.6 Å². The lowest BCUT2D eigenvalue weighted by Crippen LogP contribution is -2.31. The van der Waals surface area contributed by atoms with Gasteiger partial charge in [-0.05, 0) is 25.0 Å². The van der Waals surface area contributed by atoms with E-state index in [0.29, 0.717) is 35.7 Å². The molecule has 1 heterocycles. The van der Waals surface area contributed by atoms with E-state index in [4.69, 9.17) is 10.5 Å². The number of aromatic nitrogens is 2. The molecule has 0 radical (unpaired) electrons. The summed E-state index contributed by atoms with van der Waals surface area (Å²) in [4.78, 5) is 18.4. The maximum Gasteiger partial charge on any atom is 0.258 e. The van der Waals surface area contributed by atoms with E-state index in [1.54, 1.807) is 12.1 Å². The molecule has 6 heteroatoms. The van der Waals surface area contributed by atoms with Crippen LogP contribution in [-0.2, 0) is 4.74 Å². The van der Waals surface area contributed by atoms with E-state index in [1.165, 1.54) is 6.33 Å². The van der Waals surface area contributed by atoms with E-state index in [1.807, 2.05) is 6.92 Å². The number of H-pyrrole nitrogens is 1. The van der Waals surface area contributed by atoms with Crippen LogP contribution >= 0.6 is 0 Å². The molecule has 0 amide bonds. The van der Waals surface area contributed by atoms with Crippen molar-refractivity contribution in [2.24, 2.45) is 5.92 Å². The van der Waals surface area contributed by atoms with Gasteiger partial charge in [0.15, 0.2) is 0 Å². The maximum absolute atomic E-state index is 11.7. The Morgan fingerprint density at radius 3 is 2.86 bits per heavy atom. The predicted molar refractivity (Wildman–Crippen MR) is 85.5 cm³/mol. The molecule has 1 atom stereocenters. The van der Waals surface area contributed by atoms with Crippen LogP contribution < -0.4 is 16.6 Å². The number of hydrogen-bond donors (Lipinski definition) is 3. The average Bonchev–Trinajstić information content (AvgIpc) is 2.44. The quantitative estimate of drug-likeness (QED) is 0.707. The molecular formula is C15H22N4O2. The van der Waals surface area contributed by atoms with Crippen molar-refractivity contribution < 1.29 is 4.74 Å². The van der Waals surface area contributed by atoms with Crippen molar-refractivity contribution in [3.05, 3.63) is 28.8 Å². The number of nitrogen functional groups attached to an aromatic ring is 1. The van der Waals surface area contributed by atoms with Crippen LogP contribution in [0, 0.1) is 5.92 Å². The summed E-state index contributed by atoms with van der Waals surface area (Å²) in [6, 6.07) is 3.61. The monoisotopic (exact) mass is 290 g/mol. The molecule has 6 nitrogen and oxygen atoms in total. The summed E-state index contributed by atoms with van der Waals surface area (Å²) in [5.41, 5.74) is 7.79. The summed E-state index contributed by atoms with van der Waals surface area (Å²) in [6.07, 6.45) is 1.39. The van der Waals surface area contributed by atoms with E-state index in [2.05, 4.69) is 29.1 Å². The first-order valence-corrected chi connectivity index (χ1v) is 7.14.